The zero-order valence-corrected chi connectivity index (χ0v) is 13.9. The highest BCUT2D eigenvalue weighted by Gasteiger charge is 2.29. The predicted molar refractivity (Wildman–Crippen MR) is 86.7 cm³/mol. The number of rotatable bonds is 3. The van der Waals surface area contributed by atoms with Crippen molar-refractivity contribution >= 4 is 16.5 Å². The number of nitrogens with zero attached hydrogens (tertiary/aromatic N) is 2. The number of aryl methyl sites for hydroxylation is 1. The van der Waals surface area contributed by atoms with Crippen molar-refractivity contribution < 1.29 is 0 Å². The van der Waals surface area contributed by atoms with E-state index in [-0.39, 0.29) is 0 Å². The summed E-state index contributed by atoms with van der Waals surface area (Å²) in [6.45, 7) is 10.3. The quantitative estimate of drug-likeness (QED) is 0.920. The standard InChI is InChI=1S/C16H27N3S/c1-4-17-12-6-5-7-13-14(12)18-15(20-13)19-10-8-16(2,3)9-11-19/h12,17H,4-11H2,1-3H3. The van der Waals surface area contributed by atoms with Crippen LogP contribution in [0.5, 0.6) is 0 Å². The molecule has 2 heterocycles. The Hall–Kier alpha value is -0.610. The Labute approximate surface area is 126 Å². The zero-order valence-electron chi connectivity index (χ0n) is 13.0. The summed E-state index contributed by atoms with van der Waals surface area (Å²) in [5.41, 5.74) is 1.86. The summed E-state index contributed by atoms with van der Waals surface area (Å²) < 4.78 is 0. The second kappa shape index (κ2) is 5.64. The Kier molecular flexibility index (Phi) is 4.04. The van der Waals surface area contributed by atoms with E-state index < -0.39 is 0 Å². The summed E-state index contributed by atoms with van der Waals surface area (Å²) in [5.74, 6) is 0. The molecule has 1 N–H and O–H groups in total. The molecule has 1 aliphatic carbocycles. The van der Waals surface area contributed by atoms with Gasteiger partial charge in [0.15, 0.2) is 5.13 Å². The minimum Gasteiger partial charge on any atom is -0.348 e. The van der Waals surface area contributed by atoms with Crippen LogP contribution >= 0.6 is 11.3 Å². The van der Waals surface area contributed by atoms with Crippen molar-refractivity contribution in [3.05, 3.63) is 10.6 Å². The van der Waals surface area contributed by atoms with Gasteiger partial charge in [-0.15, -0.1) is 11.3 Å². The number of anilines is 1. The van der Waals surface area contributed by atoms with E-state index in [0.29, 0.717) is 11.5 Å². The summed E-state index contributed by atoms with van der Waals surface area (Å²) in [5, 5.41) is 4.87. The molecule has 0 saturated carbocycles. The molecule has 20 heavy (non-hydrogen) atoms. The van der Waals surface area contributed by atoms with Crippen molar-refractivity contribution in [2.24, 2.45) is 5.41 Å². The van der Waals surface area contributed by atoms with Crippen molar-refractivity contribution in [3.63, 3.8) is 0 Å². The lowest BCUT2D eigenvalue weighted by atomic mass is 9.83. The van der Waals surface area contributed by atoms with Gasteiger partial charge in [0.05, 0.1) is 11.7 Å². The van der Waals surface area contributed by atoms with Crippen LogP contribution in [0.4, 0.5) is 5.13 Å². The number of thiazole rings is 1. The van der Waals surface area contributed by atoms with Crippen LogP contribution < -0.4 is 10.2 Å². The van der Waals surface area contributed by atoms with Gasteiger partial charge in [-0.25, -0.2) is 4.98 Å². The van der Waals surface area contributed by atoms with E-state index in [1.807, 2.05) is 11.3 Å². The normalized spacial score (nSPS) is 25.6. The molecule has 0 aromatic carbocycles. The number of aromatic nitrogens is 1. The first-order chi connectivity index (χ1) is 9.59. The van der Waals surface area contributed by atoms with Gasteiger partial charge >= 0.3 is 0 Å². The van der Waals surface area contributed by atoms with Crippen LogP contribution in [0.2, 0.25) is 0 Å². The van der Waals surface area contributed by atoms with E-state index in [4.69, 9.17) is 4.98 Å². The van der Waals surface area contributed by atoms with Gasteiger partial charge in [0, 0.05) is 18.0 Å². The maximum atomic E-state index is 5.00. The molecule has 4 heteroatoms. The third-order valence-corrected chi connectivity index (χ3v) is 5.97. The van der Waals surface area contributed by atoms with E-state index in [1.165, 1.54) is 60.9 Å². The van der Waals surface area contributed by atoms with Crippen LogP contribution in [0.25, 0.3) is 0 Å². The predicted octanol–water partition coefficient (Wildman–Crippen LogP) is 3.76. The SMILES string of the molecule is CCNC1CCCc2sc(N3CCC(C)(C)CC3)nc21. The number of fused-ring (bicyclic) bond motifs is 1. The van der Waals surface area contributed by atoms with Gasteiger partial charge in [-0.1, -0.05) is 20.8 Å². The molecule has 112 valence electrons. The third-order valence-electron chi connectivity index (χ3n) is 4.78. The summed E-state index contributed by atoms with van der Waals surface area (Å²) in [7, 11) is 0. The van der Waals surface area contributed by atoms with Crippen LogP contribution in [-0.4, -0.2) is 24.6 Å². The van der Waals surface area contributed by atoms with Crippen molar-refractivity contribution in [3.8, 4) is 0 Å². The Morgan fingerprint density at radius 1 is 1.35 bits per heavy atom. The van der Waals surface area contributed by atoms with Crippen LogP contribution in [0.1, 0.15) is 63.1 Å². The average molecular weight is 293 g/mol. The Morgan fingerprint density at radius 3 is 2.80 bits per heavy atom. The van der Waals surface area contributed by atoms with Gasteiger partial charge in [-0.3, -0.25) is 0 Å². The first-order valence-corrected chi connectivity index (χ1v) is 8.88. The Morgan fingerprint density at radius 2 is 2.10 bits per heavy atom. The molecule has 0 spiro atoms. The van der Waals surface area contributed by atoms with E-state index in [9.17, 15) is 0 Å². The zero-order chi connectivity index (χ0) is 14.2. The maximum absolute atomic E-state index is 5.00. The summed E-state index contributed by atoms with van der Waals surface area (Å²) in [6, 6.07) is 0.495. The first-order valence-electron chi connectivity index (χ1n) is 8.07. The molecule has 2 aliphatic rings. The Balaban J connectivity index is 1.76. The number of nitrogens with one attached hydrogen (secondary N) is 1. The Bertz CT molecular complexity index is 456. The monoisotopic (exact) mass is 293 g/mol. The molecule has 3 nitrogen and oxygen atoms in total. The van der Waals surface area contributed by atoms with Crippen LogP contribution in [0.3, 0.4) is 0 Å². The second-order valence-electron chi connectivity index (χ2n) is 6.96. The smallest absolute Gasteiger partial charge is 0.185 e. The summed E-state index contributed by atoms with van der Waals surface area (Å²) in [4.78, 5) is 9.05. The molecular formula is C16H27N3S. The van der Waals surface area contributed by atoms with Crippen LogP contribution in [0.15, 0.2) is 0 Å². The fourth-order valence-electron chi connectivity index (χ4n) is 3.29. The van der Waals surface area contributed by atoms with Gasteiger partial charge in [-0.2, -0.15) is 0 Å². The molecule has 1 unspecified atom stereocenters. The van der Waals surface area contributed by atoms with Crippen molar-refractivity contribution in [1.82, 2.24) is 10.3 Å². The molecule has 0 radical (unpaired) electrons. The van der Waals surface area contributed by atoms with Crippen molar-refractivity contribution in [2.75, 3.05) is 24.5 Å². The summed E-state index contributed by atoms with van der Waals surface area (Å²) in [6.07, 6.45) is 6.35. The van der Waals surface area contributed by atoms with Crippen LogP contribution in [-0.2, 0) is 6.42 Å². The molecule has 0 bridgehead atoms. The van der Waals surface area contributed by atoms with Gasteiger partial charge in [0.1, 0.15) is 0 Å². The largest absolute Gasteiger partial charge is 0.348 e. The van der Waals surface area contributed by atoms with Crippen LogP contribution in [0, 0.1) is 5.41 Å². The lowest BCUT2D eigenvalue weighted by Crippen LogP contribution is -2.37. The number of piperidine rings is 1. The lowest BCUT2D eigenvalue weighted by Gasteiger charge is -2.36. The van der Waals surface area contributed by atoms with Gasteiger partial charge in [0.2, 0.25) is 0 Å². The lowest BCUT2D eigenvalue weighted by molar-refractivity contribution is 0.279. The highest BCUT2D eigenvalue weighted by molar-refractivity contribution is 7.15. The second-order valence-corrected chi connectivity index (χ2v) is 8.02. The van der Waals surface area contributed by atoms with E-state index >= 15 is 0 Å². The van der Waals surface area contributed by atoms with E-state index in [2.05, 4.69) is 31.0 Å². The van der Waals surface area contributed by atoms with E-state index in [0.717, 1.165) is 6.54 Å². The first kappa shape index (κ1) is 14.3. The molecule has 1 aliphatic heterocycles. The molecule has 0 amide bonds. The number of hydrogen-bond donors (Lipinski definition) is 1. The third kappa shape index (κ3) is 2.86. The molecule has 3 rings (SSSR count). The number of hydrogen-bond acceptors (Lipinski definition) is 4. The maximum Gasteiger partial charge on any atom is 0.185 e. The fraction of sp³-hybridized carbons (Fsp3) is 0.812. The minimum absolute atomic E-state index is 0.495. The highest BCUT2D eigenvalue weighted by atomic mass is 32.1. The highest BCUT2D eigenvalue weighted by Crippen LogP contribution is 2.39. The topological polar surface area (TPSA) is 28.2 Å². The molecule has 1 fully saturated rings. The van der Waals surface area contributed by atoms with Gasteiger partial charge in [0.25, 0.3) is 0 Å². The molecular weight excluding hydrogens is 266 g/mol. The fourth-order valence-corrected chi connectivity index (χ4v) is 4.50. The molecule has 1 atom stereocenters. The van der Waals surface area contributed by atoms with E-state index in [1.54, 1.807) is 0 Å². The van der Waals surface area contributed by atoms with Gasteiger partial charge < -0.3 is 10.2 Å². The molecule has 1 saturated heterocycles. The average Bonchev–Trinajstić information content (AvgIpc) is 2.84. The molecule has 1 aromatic rings. The summed E-state index contributed by atoms with van der Waals surface area (Å²) >= 11 is 1.95. The molecule has 1 aromatic heterocycles. The van der Waals surface area contributed by atoms with Gasteiger partial charge in [-0.05, 0) is 44.1 Å². The minimum atomic E-state index is 0.495. The van der Waals surface area contributed by atoms with Crippen molar-refractivity contribution in [1.29, 1.82) is 0 Å². The van der Waals surface area contributed by atoms with Crippen molar-refractivity contribution in [2.45, 2.75) is 58.9 Å².